The Bertz CT molecular complexity index is 563. The first-order valence-electron chi connectivity index (χ1n) is 4.93. The molecule has 0 radical (unpaired) electrons. The van der Waals surface area contributed by atoms with Gasteiger partial charge in [-0.1, -0.05) is 0 Å². The summed E-state index contributed by atoms with van der Waals surface area (Å²) in [5, 5.41) is 3.56. The van der Waals surface area contributed by atoms with E-state index in [9.17, 15) is 4.79 Å². The number of nitrogen functional groups attached to an aromatic ring is 1. The maximum atomic E-state index is 11.5. The Morgan fingerprint density at radius 2 is 2.25 bits per heavy atom. The van der Waals surface area contributed by atoms with E-state index in [0.29, 0.717) is 29.7 Å². The van der Waals surface area contributed by atoms with Gasteiger partial charge in [-0.3, -0.25) is 4.79 Å². The smallest absolute Gasteiger partial charge is 0.258 e. The summed E-state index contributed by atoms with van der Waals surface area (Å²) in [6, 6.07) is 3.36. The van der Waals surface area contributed by atoms with Gasteiger partial charge in [-0.15, -0.1) is 0 Å². The molecule has 0 bridgehead atoms. The highest BCUT2D eigenvalue weighted by molar-refractivity contribution is 5.88. The summed E-state index contributed by atoms with van der Waals surface area (Å²) in [6.07, 6.45) is 1.37. The lowest BCUT2D eigenvalue weighted by Crippen LogP contribution is -2.14. The van der Waals surface area contributed by atoms with Crippen molar-refractivity contribution in [3.8, 4) is 0 Å². The minimum atomic E-state index is -0.193. The molecule has 2 rings (SSSR count). The first kappa shape index (κ1) is 10.4. The minimum absolute atomic E-state index is 0.193. The van der Waals surface area contributed by atoms with Gasteiger partial charge in [-0.05, 0) is 12.1 Å². The predicted octanol–water partition coefficient (Wildman–Crippen LogP) is -0.124. The molecule has 0 aliphatic rings. The third-order valence-electron chi connectivity index (χ3n) is 2.27. The zero-order chi connectivity index (χ0) is 11.5. The maximum Gasteiger partial charge on any atom is 0.258 e. The summed E-state index contributed by atoms with van der Waals surface area (Å²) in [5.41, 5.74) is 12.9. The lowest BCUT2D eigenvalue weighted by molar-refractivity contribution is 1.02. The second-order valence-corrected chi connectivity index (χ2v) is 3.40. The van der Waals surface area contributed by atoms with Crippen LogP contribution in [0.4, 0.5) is 11.4 Å². The number of anilines is 2. The van der Waals surface area contributed by atoms with Crippen LogP contribution in [-0.4, -0.2) is 23.1 Å². The molecule has 0 spiro atoms. The molecule has 2 aromatic rings. The van der Waals surface area contributed by atoms with Crippen LogP contribution in [0.15, 0.2) is 23.3 Å². The van der Waals surface area contributed by atoms with Crippen LogP contribution in [0.1, 0.15) is 0 Å². The van der Waals surface area contributed by atoms with Crippen LogP contribution < -0.4 is 22.3 Å². The fraction of sp³-hybridized carbons (Fsp3) is 0.200. The Morgan fingerprint density at radius 1 is 1.44 bits per heavy atom. The quantitative estimate of drug-likeness (QED) is 0.538. The zero-order valence-corrected chi connectivity index (χ0v) is 8.66. The highest BCUT2D eigenvalue weighted by Crippen LogP contribution is 2.22. The molecule has 6 N–H and O–H groups in total. The SMILES string of the molecule is NCCNc1cc2nc[nH]c(=O)c2cc1N. The maximum absolute atomic E-state index is 11.5. The normalized spacial score (nSPS) is 10.6. The molecule has 6 heteroatoms. The fourth-order valence-corrected chi connectivity index (χ4v) is 1.49. The molecule has 0 saturated heterocycles. The van der Waals surface area contributed by atoms with E-state index in [2.05, 4.69) is 15.3 Å². The Morgan fingerprint density at radius 3 is 3.00 bits per heavy atom. The van der Waals surface area contributed by atoms with Crippen molar-refractivity contribution in [3.05, 3.63) is 28.8 Å². The number of rotatable bonds is 3. The van der Waals surface area contributed by atoms with Crippen molar-refractivity contribution in [1.29, 1.82) is 0 Å². The predicted molar refractivity (Wildman–Crippen MR) is 64.3 cm³/mol. The molecule has 0 aliphatic carbocycles. The van der Waals surface area contributed by atoms with E-state index < -0.39 is 0 Å². The van der Waals surface area contributed by atoms with E-state index in [4.69, 9.17) is 11.5 Å². The standard InChI is InChI=1S/C10H13N5O/c11-1-2-13-9-4-8-6(3-7(9)12)10(16)15-5-14-8/h3-5,13H,1-2,11-12H2,(H,14,15,16). The van der Waals surface area contributed by atoms with Crippen LogP contribution in [-0.2, 0) is 0 Å². The lowest BCUT2D eigenvalue weighted by atomic mass is 10.2. The summed E-state index contributed by atoms with van der Waals surface area (Å²) in [6.45, 7) is 1.14. The highest BCUT2D eigenvalue weighted by Gasteiger charge is 2.04. The summed E-state index contributed by atoms with van der Waals surface area (Å²) in [4.78, 5) is 18.0. The van der Waals surface area contributed by atoms with Gasteiger partial charge in [0.1, 0.15) is 0 Å². The number of fused-ring (bicyclic) bond motifs is 1. The number of hydrogen-bond acceptors (Lipinski definition) is 5. The molecule has 84 valence electrons. The largest absolute Gasteiger partial charge is 0.397 e. The molecule has 16 heavy (non-hydrogen) atoms. The molecule has 1 aromatic heterocycles. The third kappa shape index (κ3) is 1.82. The Kier molecular flexibility index (Phi) is 2.74. The van der Waals surface area contributed by atoms with Crippen molar-refractivity contribution in [2.75, 3.05) is 24.1 Å². The third-order valence-corrected chi connectivity index (χ3v) is 2.27. The summed E-state index contributed by atoms with van der Waals surface area (Å²) >= 11 is 0. The summed E-state index contributed by atoms with van der Waals surface area (Å²) in [7, 11) is 0. The number of aromatic nitrogens is 2. The number of nitrogens with two attached hydrogens (primary N) is 2. The van der Waals surface area contributed by atoms with E-state index in [1.807, 2.05) is 0 Å². The van der Waals surface area contributed by atoms with Crippen LogP contribution in [0.3, 0.4) is 0 Å². The summed E-state index contributed by atoms with van der Waals surface area (Å²) < 4.78 is 0. The van der Waals surface area contributed by atoms with Crippen LogP contribution in [0.25, 0.3) is 10.9 Å². The lowest BCUT2D eigenvalue weighted by Gasteiger charge is -2.08. The van der Waals surface area contributed by atoms with Crippen LogP contribution >= 0.6 is 0 Å². The van der Waals surface area contributed by atoms with Crippen LogP contribution in [0.2, 0.25) is 0 Å². The van der Waals surface area contributed by atoms with Crippen molar-refractivity contribution in [1.82, 2.24) is 9.97 Å². The topological polar surface area (TPSA) is 110 Å². The van der Waals surface area contributed by atoms with Gasteiger partial charge in [0.05, 0.1) is 28.6 Å². The number of aromatic amines is 1. The molecular formula is C10H13N5O. The van der Waals surface area contributed by atoms with E-state index >= 15 is 0 Å². The van der Waals surface area contributed by atoms with Crippen molar-refractivity contribution >= 4 is 22.3 Å². The highest BCUT2D eigenvalue weighted by atomic mass is 16.1. The van der Waals surface area contributed by atoms with E-state index in [1.165, 1.54) is 6.33 Å². The van der Waals surface area contributed by atoms with Crippen molar-refractivity contribution in [2.45, 2.75) is 0 Å². The molecule has 0 amide bonds. The van der Waals surface area contributed by atoms with Gasteiger partial charge in [-0.2, -0.15) is 0 Å². The average Bonchev–Trinajstić information content (AvgIpc) is 2.28. The van der Waals surface area contributed by atoms with Gasteiger partial charge < -0.3 is 21.8 Å². The van der Waals surface area contributed by atoms with Gasteiger partial charge in [0, 0.05) is 13.1 Å². The van der Waals surface area contributed by atoms with Gasteiger partial charge >= 0.3 is 0 Å². The van der Waals surface area contributed by atoms with Gasteiger partial charge in [0.2, 0.25) is 0 Å². The molecule has 1 aromatic carbocycles. The van der Waals surface area contributed by atoms with Crippen LogP contribution in [0.5, 0.6) is 0 Å². The second-order valence-electron chi connectivity index (χ2n) is 3.40. The van der Waals surface area contributed by atoms with E-state index in [-0.39, 0.29) is 5.56 Å². The van der Waals surface area contributed by atoms with Gasteiger partial charge in [0.15, 0.2) is 0 Å². The van der Waals surface area contributed by atoms with E-state index in [1.54, 1.807) is 12.1 Å². The Labute approximate surface area is 91.7 Å². The average molecular weight is 219 g/mol. The van der Waals surface area contributed by atoms with Crippen LogP contribution in [0, 0.1) is 0 Å². The van der Waals surface area contributed by atoms with Crippen molar-refractivity contribution in [3.63, 3.8) is 0 Å². The molecule has 0 fully saturated rings. The zero-order valence-electron chi connectivity index (χ0n) is 8.66. The van der Waals surface area contributed by atoms with E-state index in [0.717, 1.165) is 5.69 Å². The molecule has 0 aliphatic heterocycles. The molecule has 0 unspecified atom stereocenters. The molecule has 0 atom stereocenters. The number of hydrogen-bond donors (Lipinski definition) is 4. The Hall–Kier alpha value is -2.08. The first-order chi connectivity index (χ1) is 7.72. The molecular weight excluding hydrogens is 206 g/mol. The molecule has 6 nitrogen and oxygen atoms in total. The minimum Gasteiger partial charge on any atom is -0.397 e. The molecule has 0 saturated carbocycles. The number of nitrogens with one attached hydrogen (secondary N) is 2. The first-order valence-corrected chi connectivity index (χ1v) is 4.93. The second kappa shape index (κ2) is 4.19. The summed E-state index contributed by atoms with van der Waals surface area (Å²) in [5.74, 6) is 0. The van der Waals surface area contributed by atoms with Crippen molar-refractivity contribution < 1.29 is 0 Å². The fourth-order valence-electron chi connectivity index (χ4n) is 1.49. The number of nitrogens with zero attached hydrogens (tertiary/aromatic N) is 1. The molecule has 1 heterocycles. The van der Waals surface area contributed by atoms with Crippen molar-refractivity contribution in [2.24, 2.45) is 5.73 Å². The van der Waals surface area contributed by atoms with Gasteiger partial charge in [0.25, 0.3) is 5.56 Å². The monoisotopic (exact) mass is 219 g/mol. The number of benzene rings is 1. The number of H-pyrrole nitrogens is 1. The Balaban J connectivity index is 2.54. The van der Waals surface area contributed by atoms with Gasteiger partial charge in [-0.25, -0.2) is 4.98 Å².